The number of carbonyl (C=O) groups is 3. The number of anilines is 2. The Bertz CT molecular complexity index is 902. The highest BCUT2D eigenvalue weighted by molar-refractivity contribution is 5.98. The van der Waals surface area contributed by atoms with Crippen LogP contribution in [0.4, 0.5) is 15.8 Å². The fraction of sp³-hybridized carbons (Fsp3) is 0.250. The molecule has 1 aliphatic heterocycles. The van der Waals surface area contributed by atoms with Crippen molar-refractivity contribution in [3.05, 3.63) is 54.3 Å². The first-order chi connectivity index (χ1) is 13.5. The number of carbonyl (C=O) groups excluding carboxylic acids is 3. The molecule has 0 unspecified atom stereocenters. The predicted molar refractivity (Wildman–Crippen MR) is 99.5 cm³/mol. The average Bonchev–Trinajstić information content (AvgIpc) is 2.69. The smallest absolute Gasteiger partial charge is 0.308 e. The molecule has 0 radical (unpaired) electrons. The highest BCUT2D eigenvalue weighted by Gasteiger charge is 2.26. The van der Waals surface area contributed by atoms with Gasteiger partial charge in [0.1, 0.15) is 11.6 Å². The van der Waals surface area contributed by atoms with Crippen molar-refractivity contribution in [2.45, 2.75) is 19.4 Å². The third kappa shape index (κ3) is 4.46. The van der Waals surface area contributed by atoms with Gasteiger partial charge in [0.25, 0.3) is 11.8 Å². The van der Waals surface area contributed by atoms with Gasteiger partial charge in [-0.15, -0.1) is 0 Å². The Balaban J connectivity index is 1.53. The summed E-state index contributed by atoms with van der Waals surface area (Å²) >= 11 is 0. The lowest BCUT2D eigenvalue weighted by molar-refractivity contribution is -0.153. The van der Waals surface area contributed by atoms with Crippen LogP contribution >= 0.6 is 0 Å². The molecule has 0 aromatic heterocycles. The predicted octanol–water partition coefficient (Wildman–Crippen LogP) is 2.51. The summed E-state index contributed by atoms with van der Waals surface area (Å²) in [7, 11) is 0. The quantitative estimate of drug-likeness (QED) is 0.771. The maximum atomic E-state index is 13.6. The number of para-hydroxylation sites is 3. The van der Waals surface area contributed by atoms with E-state index in [0.29, 0.717) is 11.4 Å². The third-order valence-electron chi connectivity index (χ3n) is 4.16. The van der Waals surface area contributed by atoms with Crippen molar-refractivity contribution in [1.29, 1.82) is 0 Å². The van der Waals surface area contributed by atoms with E-state index in [4.69, 9.17) is 9.47 Å². The number of fused-ring (bicyclic) bond motifs is 1. The van der Waals surface area contributed by atoms with Crippen LogP contribution in [0.5, 0.6) is 5.75 Å². The molecule has 146 valence electrons. The molecule has 1 N–H and O–H groups in total. The maximum absolute atomic E-state index is 13.6. The molecule has 7 nitrogen and oxygen atoms in total. The van der Waals surface area contributed by atoms with Crippen molar-refractivity contribution in [2.75, 3.05) is 23.4 Å². The van der Waals surface area contributed by atoms with Gasteiger partial charge in [0, 0.05) is 6.54 Å². The Morgan fingerprint density at radius 1 is 1.21 bits per heavy atom. The number of esters is 1. The summed E-state index contributed by atoms with van der Waals surface area (Å²) in [4.78, 5) is 37.7. The van der Waals surface area contributed by atoms with Crippen molar-refractivity contribution in [2.24, 2.45) is 0 Å². The number of benzene rings is 2. The van der Waals surface area contributed by atoms with Crippen LogP contribution in [0.2, 0.25) is 0 Å². The summed E-state index contributed by atoms with van der Waals surface area (Å²) in [5, 5.41) is 2.37. The van der Waals surface area contributed by atoms with E-state index < -0.39 is 23.8 Å². The number of hydrogen-bond donors (Lipinski definition) is 1. The van der Waals surface area contributed by atoms with Crippen LogP contribution in [0, 0.1) is 5.82 Å². The minimum atomic E-state index is -1.11. The topological polar surface area (TPSA) is 84.9 Å². The molecule has 2 aromatic rings. The zero-order valence-corrected chi connectivity index (χ0v) is 15.2. The van der Waals surface area contributed by atoms with E-state index in [2.05, 4.69) is 5.32 Å². The van der Waals surface area contributed by atoms with Crippen molar-refractivity contribution in [3.8, 4) is 5.75 Å². The van der Waals surface area contributed by atoms with Gasteiger partial charge in [-0.25, -0.2) is 4.39 Å². The first kappa shape index (κ1) is 19.3. The SMILES string of the molecule is C[C@@H](OC(=O)CCN1C(=O)COc2ccccc21)C(=O)Nc1ccccc1F. The fourth-order valence-corrected chi connectivity index (χ4v) is 2.71. The van der Waals surface area contributed by atoms with E-state index in [1.54, 1.807) is 30.3 Å². The minimum absolute atomic E-state index is 0.00548. The molecule has 0 aliphatic carbocycles. The van der Waals surface area contributed by atoms with E-state index in [9.17, 15) is 18.8 Å². The van der Waals surface area contributed by atoms with Crippen molar-refractivity contribution >= 4 is 29.2 Å². The van der Waals surface area contributed by atoms with Crippen LogP contribution in [0.3, 0.4) is 0 Å². The second-order valence-electron chi connectivity index (χ2n) is 6.15. The van der Waals surface area contributed by atoms with Gasteiger partial charge >= 0.3 is 5.97 Å². The summed E-state index contributed by atoms with van der Waals surface area (Å²) in [6.07, 6.45) is -1.21. The zero-order valence-electron chi connectivity index (χ0n) is 15.2. The molecule has 0 saturated carbocycles. The molecular formula is C20H19FN2O5. The van der Waals surface area contributed by atoms with Crippen LogP contribution in [0.15, 0.2) is 48.5 Å². The molecule has 2 aromatic carbocycles. The number of hydrogen-bond acceptors (Lipinski definition) is 5. The second-order valence-corrected chi connectivity index (χ2v) is 6.15. The molecule has 28 heavy (non-hydrogen) atoms. The van der Waals surface area contributed by atoms with Gasteiger partial charge in [0.15, 0.2) is 12.7 Å². The van der Waals surface area contributed by atoms with Gasteiger partial charge in [-0.1, -0.05) is 24.3 Å². The lowest BCUT2D eigenvalue weighted by atomic mass is 10.2. The van der Waals surface area contributed by atoms with Crippen LogP contribution in [-0.4, -0.2) is 37.0 Å². The molecule has 8 heteroatoms. The summed E-state index contributed by atoms with van der Waals surface area (Å²) in [6, 6.07) is 12.7. The number of ether oxygens (including phenoxy) is 2. The summed E-state index contributed by atoms with van der Waals surface area (Å²) < 4.78 is 24.0. The molecule has 0 spiro atoms. The third-order valence-corrected chi connectivity index (χ3v) is 4.16. The van der Waals surface area contributed by atoms with Crippen molar-refractivity contribution in [3.63, 3.8) is 0 Å². The van der Waals surface area contributed by atoms with E-state index in [-0.39, 0.29) is 31.2 Å². The number of rotatable bonds is 6. The minimum Gasteiger partial charge on any atom is -0.482 e. The van der Waals surface area contributed by atoms with Gasteiger partial charge in [-0.3, -0.25) is 14.4 Å². The molecule has 0 fully saturated rings. The molecule has 1 atom stereocenters. The summed E-state index contributed by atoms with van der Waals surface area (Å²) in [5.74, 6) is -1.58. The largest absolute Gasteiger partial charge is 0.482 e. The Morgan fingerprint density at radius 3 is 2.71 bits per heavy atom. The van der Waals surface area contributed by atoms with Gasteiger partial charge in [0.05, 0.1) is 17.8 Å². The summed E-state index contributed by atoms with van der Waals surface area (Å²) in [5.41, 5.74) is 0.586. The lowest BCUT2D eigenvalue weighted by Gasteiger charge is -2.29. The monoisotopic (exact) mass is 386 g/mol. The molecule has 1 aliphatic rings. The average molecular weight is 386 g/mol. The van der Waals surface area contributed by atoms with Gasteiger partial charge in [0.2, 0.25) is 0 Å². The number of halogens is 1. The first-order valence-corrected chi connectivity index (χ1v) is 8.73. The van der Waals surface area contributed by atoms with Crippen LogP contribution in [0.25, 0.3) is 0 Å². The summed E-state index contributed by atoms with van der Waals surface area (Å²) in [6.45, 7) is 1.39. The Hall–Kier alpha value is -3.42. The van der Waals surface area contributed by atoms with E-state index in [1.165, 1.54) is 30.0 Å². The highest BCUT2D eigenvalue weighted by Crippen LogP contribution is 2.31. The van der Waals surface area contributed by atoms with Crippen LogP contribution < -0.4 is 15.0 Å². The molecule has 3 rings (SSSR count). The molecule has 0 saturated heterocycles. The Labute approximate surface area is 161 Å². The van der Waals surface area contributed by atoms with Gasteiger partial charge < -0.3 is 19.7 Å². The second kappa shape index (κ2) is 8.51. The van der Waals surface area contributed by atoms with Crippen molar-refractivity contribution in [1.82, 2.24) is 0 Å². The molecular weight excluding hydrogens is 367 g/mol. The number of nitrogens with one attached hydrogen (secondary N) is 1. The van der Waals surface area contributed by atoms with E-state index in [0.717, 1.165) is 0 Å². The Kier molecular flexibility index (Phi) is 5.88. The van der Waals surface area contributed by atoms with Crippen LogP contribution in [-0.2, 0) is 19.1 Å². The maximum Gasteiger partial charge on any atom is 0.308 e. The molecule has 0 bridgehead atoms. The van der Waals surface area contributed by atoms with E-state index in [1.807, 2.05) is 0 Å². The lowest BCUT2D eigenvalue weighted by Crippen LogP contribution is -2.40. The molecule has 2 amide bonds. The highest BCUT2D eigenvalue weighted by atomic mass is 19.1. The van der Waals surface area contributed by atoms with Crippen molar-refractivity contribution < 1.29 is 28.2 Å². The number of nitrogens with zero attached hydrogens (tertiary/aromatic N) is 1. The van der Waals surface area contributed by atoms with Gasteiger partial charge in [-0.05, 0) is 31.2 Å². The molecule has 1 heterocycles. The Morgan fingerprint density at radius 2 is 1.93 bits per heavy atom. The number of amides is 2. The first-order valence-electron chi connectivity index (χ1n) is 8.73. The fourth-order valence-electron chi connectivity index (χ4n) is 2.71. The van der Waals surface area contributed by atoms with E-state index >= 15 is 0 Å². The van der Waals surface area contributed by atoms with Crippen LogP contribution in [0.1, 0.15) is 13.3 Å². The standard InChI is InChI=1S/C20H19FN2O5/c1-13(20(26)22-15-7-3-2-6-14(15)21)28-19(25)10-11-23-16-8-4-5-9-17(16)27-12-18(23)24/h2-9,13H,10-12H2,1H3,(H,22,26)/t13-/m1/s1. The van der Waals surface area contributed by atoms with Gasteiger partial charge in [-0.2, -0.15) is 0 Å². The zero-order chi connectivity index (χ0) is 20.1. The normalized spacial score (nSPS) is 13.9.